The smallest absolute Gasteiger partial charge is 0.209 e. The summed E-state index contributed by atoms with van der Waals surface area (Å²) in [5.74, 6) is 2.07. The largest absolute Gasteiger partial charge is 0.439 e. The summed E-state index contributed by atoms with van der Waals surface area (Å²) >= 11 is 5.99. The highest BCUT2D eigenvalue weighted by Crippen LogP contribution is 2.25. The summed E-state index contributed by atoms with van der Waals surface area (Å²) in [5.41, 5.74) is 0.945. The van der Waals surface area contributed by atoms with E-state index in [9.17, 15) is 0 Å². The van der Waals surface area contributed by atoms with Crippen molar-refractivity contribution in [3.8, 4) is 11.3 Å². The zero-order valence-corrected chi connectivity index (χ0v) is 12.6. The van der Waals surface area contributed by atoms with Gasteiger partial charge in [-0.05, 0) is 37.4 Å². The summed E-state index contributed by atoms with van der Waals surface area (Å²) < 4.78 is 5.82. The molecule has 112 valence electrons. The lowest BCUT2D eigenvalue weighted by atomic mass is 10.1. The summed E-state index contributed by atoms with van der Waals surface area (Å²) in [5, 5.41) is 9.69. The summed E-state index contributed by atoms with van der Waals surface area (Å²) in [7, 11) is 0. The van der Waals surface area contributed by atoms with E-state index in [4.69, 9.17) is 21.1 Å². The number of aromatic nitrogens is 1. The molecule has 21 heavy (non-hydrogen) atoms. The maximum Gasteiger partial charge on any atom is 0.209 e. The molecule has 0 spiro atoms. The number of hydrogen-bond acceptors (Lipinski definition) is 4. The fourth-order valence-corrected chi connectivity index (χ4v) is 3.01. The predicted octanol–water partition coefficient (Wildman–Crippen LogP) is 3.20. The molecule has 1 fully saturated rings. The van der Waals surface area contributed by atoms with Gasteiger partial charge < -0.3 is 9.52 Å². The lowest BCUT2D eigenvalue weighted by Crippen LogP contribution is -2.20. The Hall–Kier alpha value is -1.36. The van der Waals surface area contributed by atoms with Gasteiger partial charge in [-0.2, -0.15) is 0 Å². The van der Waals surface area contributed by atoms with Crippen molar-refractivity contribution in [3.05, 3.63) is 41.4 Å². The fourth-order valence-electron chi connectivity index (χ4n) is 2.82. The quantitative estimate of drug-likeness (QED) is 0.921. The molecule has 1 aliphatic heterocycles. The summed E-state index contributed by atoms with van der Waals surface area (Å²) in [4.78, 5) is 6.68. The predicted molar refractivity (Wildman–Crippen MR) is 82.0 cm³/mol. The molecule has 2 heterocycles. The molecule has 0 aliphatic carbocycles. The van der Waals surface area contributed by atoms with Gasteiger partial charge in [-0.1, -0.05) is 23.7 Å². The number of nitrogens with zero attached hydrogens (tertiary/aromatic N) is 2. The van der Waals surface area contributed by atoms with Crippen LogP contribution < -0.4 is 0 Å². The van der Waals surface area contributed by atoms with E-state index in [0.717, 1.165) is 49.7 Å². The highest BCUT2D eigenvalue weighted by Gasteiger charge is 2.23. The average Bonchev–Trinajstić information content (AvgIpc) is 3.10. The number of benzene rings is 1. The zero-order chi connectivity index (χ0) is 14.7. The van der Waals surface area contributed by atoms with Crippen LogP contribution in [0, 0.1) is 5.92 Å². The van der Waals surface area contributed by atoms with E-state index < -0.39 is 0 Å². The Morgan fingerprint density at radius 3 is 3.14 bits per heavy atom. The molecule has 1 unspecified atom stereocenters. The maximum atomic E-state index is 8.99. The van der Waals surface area contributed by atoms with Gasteiger partial charge in [0, 0.05) is 23.7 Å². The van der Waals surface area contributed by atoms with Crippen LogP contribution >= 0.6 is 11.6 Å². The van der Waals surface area contributed by atoms with Crippen LogP contribution in [0.5, 0.6) is 0 Å². The third-order valence-electron chi connectivity index (χ3n) is 3.93. The minimum Gasteiger partial charge on any atom is -0.439 e. The first-order valence-electron chi connectivity index (χ1n) is 7.28. The molecule has 1 aromatic heterocycles. The Balaban J connectivity index is 1.63. The van der Waals surface area contributed by atoms with E-state index in [0.29, 0.717) is 10.9 Å². The molecule has 2 aromatic rings. The maximum absolute atomic E-state index is 8.99. The van der Waals surface area contributed by atoms with Gasteiger partial charge in [-0.15, -0.1) is 0 Å². The molecule has 0 amide bonds. The van der Waals surface area contributed by atoms with Gasteiger partial charge in [0.2, 0.25) is 5.89 Å². The second-order valence-corrected chi connectivity index (χ2v) is 5.97. The lowest BCUT2D eigenvalue weighted by molar-refractivity contribution is 0.243. The van der Waals surface area contributed by atoms with Crippen LogP contribution in [0.15, 0.2) is 34.9 Å². The van der Waals surface area contributed by atoms with Gasteiger partial charge in [0.15, 0.2) is 5.76 Å². The minimum atomic E-state index is 0.274. The molecule has 0 bridgehead atoms. The Labute approximate surface area is 129 Å². The number of aliphatic hydroxyl groups excluding tert-OH is 1. The highest BCUT2D eigenvalue weighted by molar-refractivity contribution is 6.30. The van der Waals surface area contributed by atoms with Gasteiger partial charge >= 0.3 is 0 Å². The van der Waals surface area contributed by atoms with Crippen molar-refractivity contribution in [1.82, 2.24) is 9.88 Å². The second-order valence-electron chi connectivity index (χ2n) is 5.53. The summed E-state index contributed by atoms with van der Waals surface area (Å²) in [6.07, 6.45) is 3.78. The molecule has 1 N–H and O–H groups in total. The highest BCUT2D eigenvalue weighted by atomic mass is 35.5. The number of hydrogen-bond donors (Lipinski definition) is 1. The molecule has 1 atom stereocenters. The number of likely N-dealkylation sites (tertiary alicyclic amines) is 1. The molecule has 0 radical (unpaired) electrons. The third-order valence-corrected chi connectivity index (χ3v) is 4.16. The van der Waals surface area contributed by atoms with Crippen LogP contribution in [-0.4, -0.2) is 34.7 Å². The summed E-state index contributed by atoms with van der Waals surface area (Å²) in [6.45, 7) is 3.05. The van der Waals surface area contributed by atoms with Crippen LogP contribution in [0.4, 0.5) is 0 Å². The molecule has 5 heteroatoms. The molecule has 0 saturated carbocycles. The van der Waals surface area contributed by atoms with E-state index in [1.807, 2.05) is 24.3 Å². The molecule has 1 aromatic carbocycles. The van der Waals surface area contributed by atoms with Crippen LogP contribution in [0.25, 0.3) is 11.3 Å². The molecular weight excluding hydrogens is 288 g/mol. The van der Waals surface area contributed by atoms with E-state index >= 15 is 0 Å². The van der Waals surface area contributed by atoms with Crippen molar-refractivity contribution in [2.45, 2.75) is 19.4 Å². The van der Waals surface area contributed by atoms with Gasteiger partial charge in [-0.25, -0.2) is 4.98 Å². The van der Waals surface area contributed by atoms with Crippen LogP contribution in [-0.2, 0) is 6.54 Å². The first-order valence-corrected chi connectivity index (χ1v) is 7.66. The zero-order valence-electron chi connectivity index (χ0n) is 11.8. The van der Waals surface area contributed by atoms with Crippen LogP contribution in [0.3, 0.4) is 0 Å². The molecule has 4 nitrogen and oxygen atoms in total. The van der Waals surface area contributed by atoms with E-state index in [-0.39, 0.29) is 6.61 Å². The van der Waals surface area contributed by atoms with E-state index in [2.05, 4.69) is 9.88 Å². The first kappa shape index (κ1) is 14.6. The number of oxazole rings is 1. The molecular formula is C16H19ClN2O2. The molecule has 1 aliphatic rings. The minimum absolute atomic E-state index is 0.274. The summed E-state index contributed by atoms with van der Waals surface area (Å²) in [6, 6.07) is 7.58. The van der Waals surface area contributed by atoms with Crippen molar-refractivity contribution < 1.29 is 9.52 Å². The van der Waals surface area contributed by atoms with Crippen molar-refractivity contribution in [2.24, 2.45) is 5.92 Å². The normalized spacial score (nSPS) is 19.2. The van der Waals surface area contributed by atoms with Gasteiger partial charge in [0.25, 0.3) is 0 Å². The Morgan fingerprint density at radius 2 is 2.33 bits per heavy atom. The number of halogens is 1. The van der Waals surface area contributed by atoms with Crippen molar-refractivity contribution in [2.75, 3.05) is 19.7 Å². The Kier molecular flexibility index (Phi) is 4.58. The van der Waals surface area contributed by atoms with Crippen LogP contribution in [0.1, 0.15) is 18.7 Å². The lowest BCUT2D eigenvalue weighted by Gasteiger charge is -2.13. The van der Waals surface area contributed by atoms with Gasteiger partial charge in [0.1, 0.15) is 0 Å². The molecule has 3 rings (SSSR count). The topological polar surface area (TPSA) is 49.5 Å². The third kappa shape index (κ3) is 3.64. The van der Waals surface area contributed by atoms with E-state index in [1.54, 1.807) is 6.20 Å². The van der Waals surface area contributed by atoms with Crippen molar-refractivity contribution >= 4 is 11.6 Å². The number of rotatable bonds is 5. The monoisotopic (exact) mass is 306 g/mol. The SMILES string of the molecule is OCCC1CCN(Cc2ncc(-c3cccc(Cl)c3)o2)C1. The Bertz CT molecular complexity index is 599. The van der Waals surface area contributed by atoms with Gasteiger partial charge in [0.05, 0.1) is 12.7 Å². The average molecular weight is 307 g/mol. The first-order chi connectivity index (χ1) is 10.2. The second kappa shape index (κ2) is 6.60. The standard InChI is InChI=1S/C16H19ClN2O2/c17-14-3-1-2-13(8-14)15-9-18-16(21-15)11-19-6-4-12(10-19)5-7-20/h1-3,8-9,12,20H,4-7,10-11H2. The fraction of sp³-hybridized carbons (Fsp3) is 0.438. The van der Waals surface area contributed by atoms with Crippen LogP contribution in [0.2, 0.25) is 5.02 Å². The number of aliphatic hydroxyl groups is 1. The molecule has 1 saturated heterocycles. The van der Waals surface area contributed by atoms with E-state index in [1.165, 1.54) is 0 Å². The van der Waals surface area contributed by atoms with Crippen molar-refractivity contribution in [3.63, 3.8) is 0 Å². The Morgan fingerprint density at radius 1 is 1.43 bits per heavy atom. The van der Waals surface area contributed by atoms with Crippen molar-refractivity contribution in [1.29, 1.82) is 0 Å². The van der Waals surface area contributed by atoms with Gasteiger partial charge in [-0.3, -0.25) is 4.90 Å².